The molecule has 5 heteroatoms. The first-order chi connectivity index (χ1) is 8.16. The van der Waals surface area contributed by atoms with Crippen molar-refractivity contribution in [1.29, 1.82) is 0 Å². The molecule has 0 radical (unpaired) electrons. The molecule has 1 amide bonds. The number of amides is 1. The maximum Gasteiger partial charge on any atom is 0.233 e. The van der Waals surface area contributed by atoms with Crippen molar-refractivity contribution in [1.82, 2.24) is 4.98 Å². The molecule has 1 aliphatic rings. The molecule has 0 spiro atoms. The van der Waals surface area contributed by atoms with Crippen molar-refractivity contribution in [3.05, 3.63) is 22.8 Å². The first-order valence-corrected chi connectivity index (χ1v) is 6.59. The number of pyridine rings is 1. The fraction of sp³-hybridized carbons (Fsp3) is 0.500. The van der Waals surface area contributed by atoms with Crippen molar-refractivity contribution in [2.45, 2.75) is 25.7 Å². The van der Waals surface area contributed by atoms with Gasteiger partial charge in [-0.1, -0.05) is 12.8 Å². The Bertz CT molecular complexity index is 399. The highest BCUT2D eigenvalue weighted by Gasteiger charge is 2.39. The summed E-state index contributed by atoms with van der Waals surface area (Å²) in [7, 11) is 0. The van der Waals surface area contributed by atoms with E-state index in [4.69, 9.17) is 5.73 Å². The molecule has 1 aromatic rings. The first-order valence-electron chi connectivity index (χ1n) is 5.79. The van der Waals surface area contributed by atoms with Gasteiger partial charge < -0.3 is 11.1 Å². The molecular weight excluding hydrogens is 282 g/mol. The van der Waals surface area contributed by atoms with Crippen LogP contribution in [-0.4, -0.2) is 17.4 Å². The number of nitrogens with two attached hydrogens (primary N) is 1. The number of carbonyl (C=O) groups is 1. The van der Waals surface area contributed by atoms with E-state index in [1.54, 1.807) is 12.3 Å². The number of rotatable bonds is 3. The Kier molecular flexibility index (Phi) is 3.79. The maximum absolute atomic E-state index is 12.2. The van der Waals surface area contributed by atoms with Gasteiger partial charge in [-0.05, 0) is 40.9 Å². The van der Waals surface area contributed by atoms with Crippen molar-refractivity contribution in [3.63, 3.8) is 0 Å². The zero-order valence-electron chi connectivity index (χ0n) is 9.58. The second-order valence-corrected chi connectivity index (χ2v) is 5.42. The van der Waals surface area contributed by atoms with Gasteiger partial charge in [0, 0.05) is 17.2 Å². The lowest BCUT2D eigenvalue weighted by atomic mass is 9.85. The third-order valence-electron chi connectivity index (χ3n) is 3.40. The SMILES string of the molecule is NCC1(C(=O)Nc2ccc(Br)cn2)CCCC1. The largest absolute Gasteiger partial charge is 0.329 e. The molecular formula is C12H16BrN3O. The van der Waals surface area contributed by atoms with Gasteiger partial charge in [-0.2, -0.15) is 0 Å². The molecule has 4 nitrogen and oxygen atoms in total. The fourth-order valence-electron chi connectivity index (χ4n) is 2.27. The van der Waals surface area contributed by atoms with E-state index in [0.29, 0.717) is 12.4 Å². The molecule has 0 atom stereocenters. The topological polar surface area (TPSA) is 68.0 Å². The summed E-state index contributed by atoms with van der Waals surface area (Å²) < 4.78 is 0.893. The Morgan fingerprint density at radius 1 is 1.47 bits per heavy atom. The van der Waals surface area contributed by atoms with E-state index >= 15 is 0 Å². The number of anilines is 1. The van der Waals surface area contributed by atoms with Crippen molar-refractivity contribution in [3.8, 4) is 0 Å². The minimum atomic E-state index is -0.380. The quantitative estimate of drug-likeness (QED) is 0.899. The Hall–Kier alpha value is -0.940. The Balaban J connectivity index is 2.08. The molecule has 0 aromatic carbocycles. The van der Waals surface area contributed by atoms with Gasteiger partial charge in [0.2, 0.25) is 5.91 Å². The van der Waals surface area contributed by atoms with Crippen LogP contribution in [0.1, 0.15) is 25.7 Å². The van der Waals surface area contributed by atoms with Crippen LogP contribution in [0, 0.1) is 5.41 Å². The second kappa shape index (κ2) is 5.14. The molecule has 0 saturated heterocycles. The van der Waals surface area contributed by atoms with Crippen molar-refractivity contribution in [2.75, 3.05) is 11.9 Å². The number of hydrogen-bond donors (Lipinski definition) is 2. The molecule has 1 aliphatic carbocycles. The van der Waals surface area contributed by atoms with Crippen LogP contribution in [0.2, 0.25) is 0 Å². The minimum Gasteiger partial charge on any atom is -0.329 e. The van der Waals surface area contributed by atoms with Crippen LogP contribution in [-0.2, 0) is 4.79 Å². The van der Waals surface area contributed by atoms with E-state index in [1.807, 2.05) is 6.07 Å². The minimum absolute atomic E-state index is 0.00678. The molecule has 0 aliphatic heterocycles. The summed E-state index contributed by atoms with van der Waals surface area (Å²) in [4.78, 5) is 16.3. The molecule has 1 fully saturated rings. The fourth-order valence-corrected chi connectivity index (χ4v) is 2.51. The predicted octanol–water partition coefficient (Wildman–Crippen LogP) is 2.30. The van der Waals surface area contributed by atoms with Crippen LogP contribution in [0.15, 0.2) is 22.8 Å². The van der Waals surface area contributed by atoms with E-state index < -0.39 is 0 Å². The molecule has 1 saturated carbocycles. The number of nitrogens with one attached hydrogen (secondary N) is 1. The lowest BCUT2D eigenvalue weighted by molar-refractivity contribution is -0.124. The van der Waals surface area contributed by atoms with Gasteiger partial charge in [0.25, 0.3) is 0 Å². The smallest absolute Gasteiger partial charge is 0.233 e. The molecule has 3 N–H and O–H groups in total. The maximum atomic E-state index is 12.2. The van der Waals surface area contributed by atoms with Gasteiger partial charge in [-0.15, -0.1) is 0 Å². The van der Waals surface area contributed by atoms with E-state index in [0.717, 1.165) is 30.2 Å². The summed E-state index contributed by atoms with van der Waals surface area (Å²) in [5.74, 6) is 0.588. The normalized spacial score (nSPS) is 18.0. The molecule has 1 heterocycles. The highest BCUT2D eigenvalue weighted by Crippen LogP contribution is 2.38. The van der Waals surface area contributed by atoms with E-state index in [1.165, 1.54) is 0 Å². The van der Waals surface area contributed by atoms with Gasteiger partial charge in [0.1, 0.15) is 5.82 Å². The average Bonchev–Trinajstić information content (AvgIpc) is 2.82. The lowest BCUT2D eigenvalue weighted by Gasteiger charge is -2.25. The van der Waals surface area contributed by atoms with Crippen molar-refractivity contribution < 1.29 is 4.79 Å². The number of carbonyl (C=O) groups excluding carboxylic acids is 1. The number of halogens is 1. The lowest BCUT2D eigenvalue weighted by Crippen LogP contribution is -2.40. The number of hydrogen-bond acceptors (Lipinski definition) is 3. The van der Waals surface area contributed by atoms with Crippen LogP contribution < -0.4 is 11.1 Å². The summed E-state index contributed by atoms with van der Waals surface area (Å²) in [6.07, 6.45) is 5.59. The molecule has 0 bridgehead atoms. The van der Waals surface area contributed by atoms with E-state index in [-0.39, 0.29) is 11.3 Å². The highest BCUT2D eigenvalue weighted by molar-refractivity contribution is 9.10. The van der Waals surface area contributed by atoms with Crippen LogP contribution in [0.3, 0.4) is 0 Å². The van der Waals surface area contributed by atoms with Crippen molar-refractivity contribution >= 4 is 27.7 Å². The zero-order valence-corrected chi connectivity index (χ0v) is 11.2. The molecule has 1 aromatic heterocycles. The van der Waals surface area contributed by atoms with Crippen LogP contribution >= 0.6 is 15.9 Å². The molecule has 2 rings (SSSR count). The molecule has 17 heavy (non-hydrogen) atoms. The summed E-state index contributed by atoms with van der Waals surface area (Å²) in [6, 6.07) is 3.63. The number of aromatic nitrogens is 1. The van der Waals surface area contributed by atoms with E-state index in [2.05, 4.69) is 26.2 Å². The standard InChI is InChI=1S/C12H16BrN3O/c13-9-3-4-10(15-7-9)16-11(17)12(8-14)5-1-2-6-12/h3-4,7H,1-2,5-6,8,14H2,(H,15,16,17). The van der Waals surface area contributed by atoms with Crippen LogP contribution in [0.5, 0.6) is 0 Å². The predicted molar refractivity (Wildman–Crippen MR) is 70.5 cm³/mol. The zero-order chi connectivity index (χ0) is 12.3. The van der Waals surface area contributed by atoms with E-state index in [9.17, 15) is 4.79 Å². The summed E-state index contributed by atoms with van der Waals surface area (Å²) in [5, 5.41) is 2.85. The van der Waals surface area contributed by atoms with Gasteiger partial charge in [-0.25, -0.2) is 4.98 Å². The third-order valence-corrected chi connectivity index (χ3v) is 3.87. The third kappa shape index (κ3) is 2.66. The highest BCUT2D eigenvalue weighted by atomic mass is 79.9. The van der Waals surface area contributed by atoms with Gasteiger partial charge in [0.15, 0.2) is 0 Å². The molecule has 0 unspecified atom stereocenters. The van der Waals surface area contributed by atoms with Gasteiger partial charge in [0.05, 0.1) is 5.41 Å². The second-order valence-electron chi connectivity index (χ2n) is 4.51. The summed E-state index contributed by atoms with van der Waals surface area (Å²) in [6.45, 7) is 0.412. The Morgan fingerprint density at radius 2 is 2.18 bits per heavy atom. The Morgan fingerprint density at radius 3 is 2.71 bits per heavy atom. The first kappa shape index (κ1) is 12.5. The summed E-state index contributed by atoms with van der Waals surface area (Å²) in [5.41, 5.74) is 5.38. The number of nitrogens with zero attached hydrogens (tertiary/aromatic N) is 1. The Labute approximate surface area is 109 Å². The average molecular weight is 298 g/mol. The van der Waals surface area contributed by atoms with Crippen molar-refractivity contribution in [2.24, 2.45) is 11.1 Å². The summed E-state index contributed by atoms with van der Waals surface area (Å²) >= 11 is 3.31. The van der Waals surface area contributed by atoms with Gasteiger partial charge in [-0.3, -0.25) is 4.79 Å². The molecule has 92 valence electrons. The van der Waals surface area contributed by atoms with Gasteiger partial charge >= 0.3 is 0 Å². The monoisotopic (exact) mass is 297 g/mol. The van der Waals surface area contributed by atoms with Crippen LogP contribution in [0.4, 0.5) is 5.82 Å². The van der Waals surface area contributed by atoms with Crippen LogP contribution in [0.25, 0.3) is 0 Å².